The van der Waals surface area contributed by atoms with E-state index >= 15 is 0 Å². The van der Waals surface area contributed by atoms with E-state index in [0.29, 0.717) is 38.1 Å². The van der Waals surface area contributed by atoms with Gasteiger partial charge in [0, 0.05) is 37.7 Å². The van der Waals surface area contributed by atoms with Gasteiger partial charge in [0.05, 0.1) is 12.7 Å². The Bertz CT molecular complexity index is 871. The summed E-state index contributed by atoms with van der Waals surface area (Å²) >= 11 is 0. The molecule has 31 heavy (non-hydrogen) atoms. The fourth-order valence-electron chi connectivity index (χ4n) is 4.39. The predicted molar refractivity (Wildman–Crippen MR) is 116 cm³/mol. The third kappa shape index (κ3) is 5.50. The van der Waals surface area contributed by atoms with Crippen molar-refractivity contribution in [3.05, 3.63) is 71.5 Å². The zero-order valence-electron chi connectivity index (χ0n) is 17.7. The minimum Gasteiger partial charge on any atom is -0.373 e. The first-order chi connectivity index (χ1) is 15.1. The summed E-state index contributed by atoms with van der Waals surface area (Å²) in [7, 11) is 0. The monoisotopic (exact) mass is 424 g/mol. The molecule has 0 spiro atoms. The number of carbonyl (C=O) groups is 2. The Morgan fingerprint density at radius 2 is 1.45 bits per heavy atom. The molecule has 2 aliphatic rings. The number of nitrogens with zero attached hydrogens (tertiary/aromatic N) is 2. The van der Waals surface area contributed by atoms with Crippen molar-refractivity contribution in [3.8, 4) is 0 Å². The second kappa shape index (κ2) is 10.1. The van der Waals surface area contributed by atoms with Gasteiger partial charge in [-0.25, -0.2) is 4.39 Å². The Morgan fingerprint density at radius 1 is 0.839 bits per heavy atom. The van der Waals surface area contributed by atoms with Crippen molar-refractivity contribution in [1.29, 1.82) is 0 Å². The van der Waals surface area contributed by atoms with Crippen LogP contribution in [0.4, 0.5) is 4.39 Å². The highest BCUT2D eigenvalue weighted by molar-refractivity contribution is 5.94. The van der Waals surface area contributed by atoms with E-state index in [0.717, 1.165) is 25.9 Å². The average Bonchev–Trinajstić information content (AvgIpc) is 2.83. The van der Waals surface area contributed by atoms with Crippen molar-refractivity contribution >= 4 is 11.8 Å². The SMILES string of the molecule is O=C(c1ccc(F)cc1)N1CCC(C(=O)N2CCC(OCc3ccccc3)CC2)CC1. The van der Waals surface area contributed by atoms with Crippen LogP contribution >= 0.6 is 0 Å². The van der Waals surface area contributed by atoms with E-state index in [-0.39, 0.29) is 29.7 Å². The van der Waals surface area contributed by atoms with E-state index in [2.05, 4.69) is 12.1 Å². The van der Waals surface area contributed by atoms with E-state index in [1.807, 2.05) is 23.1 Å². The minimum atomic E-state index is -0.352. The molecule has 5 nitrogen and oxygen atoms in total. The molecule has 2 fully saturated rings. The minimum absolute atomic E-state index is 0.0287. The zero-order valence-corrected chi connectivity index (χ0v) is 17.7. The molecule has 2 saturated heterocycles. The highest BCUT2D eigenvalue weighted by atomic mass is 19.1. The van der Waals surface area contributed by atoms with E-state index in [9.17, 15) is 14.0 Å². The van der Waals surface area contributed by atoms with Crippen LogP contribution < -0.4 is 0 Å². The number of rotatable bonds is 5. The second-order valence-corrected chi connectivity index (χ2v) is 8.39. The highest BCUT2D eigenvalue weighted by Gasteiger charge is 2.32. The summed E-state index contributed by atoms with van der Waals surface area (Å²) in [6.07, 6.45) is 3.27. The van der Waals surface area contributed by atoms with Gasteiger partial charge < -0.3 is 14.5 Å². The van der Waals surface area contributed by atoms with E-state index in [4.69, 9.17) is 4.74 Å². The lowest BCUT2D eigenvalue weighted by atomic mass is 9.93. The fraction of sp³-hybridized carbons (Fsp3) is 0.440. The van der Waals surface area contributed by atoms with Gasteiger partial charge in [0.25, 0.3) is 5.91 Å². The lowest BCUT2D eigenvalue weighted by Gasteiger charge is -2.37. The van der Waals surface area contributed by atoms with Crippen LogP contribution in [0.5, 0.6) is 0 Å². The Labute approximate surface area is 182 Å². The van der Waals surface area contributed by atoms with E-state index in [1.165, 1.54) is 29.8 Å². The first-order valence-electron chi connectivity index (χ1n) is 11.1. The van der Waals surface area contributed by atoms with Gasteiger partial charge in [0.2, 0.25) is 5.91 Å². The summed E-state index contributed by atoms with van der Waals surface area (Å²) in [6.45, 7) is 3.19. The first-order valence-corrected chi connectivity index (χ1v) is 11.1. The van der Waals surface area contributed by atoms with Gasteiger partial charge in [-0.1, -0.05) is 30.3 Å². The molecule has 0 aromatic heterocycles. The van der Waals surface area contributed by atoms with Gasteiger partial charge >= 0.3 is 0 Å². The molecule has 0 unspecified atom stereocenters. The van der Waals surface area contributed by atoms with Crippen LogP contribution in [-0.2, 0) is 16.1 Å². The van der Waals surface area contributed by atoms with Gasteiger partial charge in [-0.15, -0.1) is 0 Å². The first kappa shape index (κ1) is 21.5. The third-order valence-electron chi connectivity index (χ3n) is 6.30. The fourth-order valence-corrected chi connectivity index (χ4v) is 4.39. The molecular formula is C25H29FN2O3. The van der Waals surface area contributed by atoms with Crippen molar-refractivity contribution in [2.24, 2.45) is 5.92 Å². The summed E-state index contributed by atoms with van der Waals surface area (Å²) < 4.78 is 19.1. The molecule has 4 rings (SSSR count). The number of benzene rings is 2. The molecule has 2 aliphatic heterocycles. The Kier molecular flexibility index (Phi) is 6.97. The maximum absolute atomic E-state index is 13.1. The number of ether oxygens (including phenoxy) is 1. The van der Waals surface area contributed by atoms with Gasteiger partial charge in [-0.05, 0) is 55.5 Å². The van der Waals surface area contributed by atoms with Crippen LogP contribution in [0.1, 0.15) is 41.6 Å². The third-order valence-corrected chi connectivity index (χ3v) is 6.30. The molecule has 0 radical (unpaired) electrons. The van der Waals surface area contributed by atoms with Crippen molar-refractivity contribution in [2.45, 2.75) is 38.4 Å². The van der Waals surface area contributed by atoms with Crippen molar-refractivity contribution in [1.82, 2.24) is 9.80 Å². The lowest BCUT2D eigenvalue weighted by molar-refractivity contribution is -0.139. The van der Waals surface area contributed by atoms with E-state index in [1.54, 1.807) is 4.90 Å². The number of piperidine rings is 2. The molecule has 0 atom stereocenters. The van der Waals surface area contributed by atoms with Crippen molar-refractivity contribution < 1.29 is 18.7 Å². The lowest BCUT2D eigenvalue weighted by Crippen LogP contribution is -2.47. The second-order valence-electron chi connectivity index (χ2n) is 8.39. The Hall–Kier alpha value is -2.73. The quantitative estimate of drug-likeness (QED) is 0.732. The zero-order chi connectivity index (χ0) is 21.6. The molecule has 2 aromatic carbocycles. The largest absolute Gasteiger partial charge is 0.373 e. The highest BCUT2D eigenvalue weighted by Crippen LogP contribution is 2.24. The van der Waals surface area contributed by atoms with Crippen LogP contribution in [0.25, 0.3) is 0 Å². The molecule has 2 amide bonds. The number of halogens is 1. The number of hydrogen-bond acceptors (Lipinski definition) is 3. The maximum atomic E-state index is 13.1. The molecular weight excluding hydrogens is 395 g/mol. The summed E-state index contributed by atoms with van der Waals surface area (Å²) in [5.41, 5.74) is 1.66. The van der Waals surface area contributed by atoms with Crippen LogP contribution in [0.3, 0.4) is 0 Å². The molecule has 0 saturated carbocycles. The van der Waals surface area contributed by atoms with Crippen molar-refractivity contribution in [3.63, 3.8) is 0 Å². The summed E-state index contributed by atoms with van der Waals surface area (Å²) in [5, 5.41) is 0. The van der Waals surface area contributed by atoms with Gasteiger partial charge in [-0.2, -0.15) is 0 Å². The molecule has 164 valence electrons. The molecule has 2 heterocycles. The Balaban J connectivity index is 1.20. The summed E-state index contributed by atoms with van der Waals surface area (Å²) in [4.78, 5) is 29.3. The maximum Gasteiger partial charge on any atom is 0.253 e. The Morgan fingerprint density at radius 3 is 2.10 bits per heavy atom. The molecule has 0 N–H and O–H groups in total. The van der Waals surface area contributed by atoms with Gasteiger partial charge in [-0.3, -0.25) is 9.59 Å². The number of hydrogen-bond donors (Lipinski definition) is 0. The molecule has 2 aromatic rings. The smallest absolute Gasteiger partial charge is 0.253 e. The summed E-state index contributed by atoms with van der Waals surface area (Å²) in [6, 6.07) is 15.8. The predicted octanol–water partition coefficient (Wildman–Crippen LogP) is 3.89. The normalized spacial score (nSPS) is 18.2. The van der Waals surface area contributed by atoms with Crippen LogP contribution in [0.15, 0.2) is 54.6 Å². The standard InChI is InChI=1S/C25H29FN2O3/c26-22-8-6-20(7-9-22)24(29)27-14-10-21(11-15-27)25(30)28-16-12-23(13-17-28)31-18-19-4-2-1-3-5-19/h1-9,21,23H,10-18H2. The van der Waals surface area contributed by atoms with Crippen LogP contribution in [0, 0.1) is 11.7 Å². The molecule has 0 bridgehead atoms. The number of amides is 2. The summed E-state index contributed by atoms with van der Waals surface area (Å²) in [5.74, 6) is -0.271. The molecule has 0 aliphatic carbocycles. The van der Waals surface area contributed by atoms with E-state index < -0.39 is 0 Å². The van der Waals surface area contributed by atoms with Crippen LogP contribution in [-0.4, -0.2) is 53.9 Å². The number of carbonyl (C=O) groups excluding carboxylic acids is 2. The van der Waals surface area contributed by atoms with Crippen molar-refractivity contribution in [2.75, 3.05) is 26.2 Å². The van der Waals surface area contributed by atoms with Gasteiger partial charge in [0.15, 0.2) is 0 Å². The number of likely N-dealkylation sites (tertiary alicyclic amines) is 2. The van der Waals surface area contributed by atoms with Gasteiger partial charge in [0.1, 0.15) is 5.82 Å². The average molecular weight is 425 g/mol. The topological polar surface area (TPSA) is 49.9 Å². The van der Waals surface area contributed by atoms with Crippen LogP contribution in [0.2, 0.25) is 0 Å². The molecule has 6 heteroatoms.